The molecule has 0 amide bonds. The Morgan fingerprint density at radius 1 is 1.16 bits per heavy atom. The maximum Gasteiger partial charge on any atom is 0.243 e. The average Bonchev–Trinajstić information content (AvgIpc) is 3.20. The number of aryl methyl sites for hydroxylation is 1. The summed E-state index contributed by atoms with van der Waals surface area (Å²) in [5.74, 6) is 0.799. The topological polar surface area (TPSA) is 59.5 Å². The third kappa shape index (κ3) is 2.93. The van der Waals surface area contributed by atoms with Gasteiger partial charge in [0.05, 0.1) is 10.9 Å². The molecule has 5 nitrogen and oxygen atoms in total. The highest BCUT2D eigenvalue weighted by Gasteiger charge is 2.53. The van der Waals surface area contributed by atoms with Crippen LogP contribution in [0, 0.1) is 5.92 Å². The van der Waals surface area contributed by atoms with Crippen molar-refractivity contribution in [3.8, 4) is 5.88 Å². The SMILES string of the molecule is CCc1ccc(S(=O)(=O)N2C[C@H]3CC[C@H]2[C@@H]3Oc2ccccn2)cc1. The first-order valence-corrected chi connectivity index (χ1v) is 10.2. The van der Waals surface area contributed by atoms with Crippen LogP contribution >= 0.6 is 0 Å². The number of hydrogen-bond donors (Lipinski definition) is 0. The zero-order chi connectivity index (χ0) is 17.4. The molecule has 0 radical (unpaired) electrons. The lowest BCUT2D eigenvalue weighted by Gasteiger charge is -2.26. The highest BCUT2D eigenvalue weighted by Crippen LogP contribution is 2.42. The molecule has 4 rings (SSSR count). The summed E-state index contributed by atoms with van der Waals surface area (Å²) < 4.78 is 33.8. The second kappa shape index (κ2) is 6.42. The van der Waals surface area contributed by atoms with Crippen molar-refractivity contribution in [2.45, 2.75) is 43.2 Å². The Bertz CT molecular complexity index is 837. The monoisotopic (exact) mass is 358 g/mol. The van der Waals surface area contributed by atoms with Crippen LogP contribution in [0.2, 0.25) is 0 Å². The van der Waals surface area contributed by atoms with Crippen molar-refractivity contribution >= 4 is 10.0 Å². The summed E-state index contributed by atoms with van der Waals surface area (Å²) in [5, 5.41) is 0. The minimum absolute atomic E-state index is 0.108. The first kappa shape index (κ1) is 16.5. The molecule has 132 valence electrons. The van der Waals surface area contributed by atoms with E-state index in [0.29, 0.717) is 17.3 Å². The molecule has 1 aromatic heterocycles. The molecule has 3 atom stereocenters. The standard InChI is InChI=1S/C19H22N2O3S/c1-2-14-6-9-16(10-7-14)25(22,23)21-13-15-8-11-17(21)19(15)24-18-5-3-4-12-20-18/h3-7,9-10,12,15,17,19H,2,8,11,13H2,1H3/t15-,17+,19-/m1/s1. The molecular formula is C19H22N2O3S. The number of benzene rings is 1. The van der Waals surface area contributed by atoms with Gasteiger partial charge < -0.3 is 4.74 Å². The van der Waals surface area contributed by atoms with E-state index in [1.54, 1.807) is 22.6 Å². The Morgan fingerprint density at radius 2 is 1.96 bits per heavy atom. The average molecular weight is 358 g/mol. The molecule has 1 aliphatic carbocycles. The zero-order valence-electron chi connectivity index (χ0n) is 14.2. The number of sulfonamides is 1. The quantitative estimate of drug-likeness (QED) is 0.825. The Balaban J connectivity index is 1.57. The fourth-order valence-electron chi connectivity index (χ4n) is 3.94. The van der Waals surface area contributed by atoms with Crippen molar-refractivity contribution < 1.29 is 13.2 Å². The Labute approximate surface area is 148 Å². The van der Waals surface area contributed by atoms with E-state index in [9.17, 15) is 8.42 Å². The van der Waals surface area contributed by atoms with Gasteiger partial charge in [-0.3, -0.25) is 0 Å². The smallest absolute Gasteiger partial charge is 0.243 e. The van der Waals surface area contributed by atoms with Crippen LogP contribution in [0.25, 0.3) is 0 Å². The van der Waals surface area contributed by atoms with Gasteiger partial charge in [0.15, 0.2) is 0 Å². The maximum atomic E-state index is 13.1. The molecule has 0 unspecified atom stereocenters. The number of nitrogens with zero attached hydrogens (tertiary/aromatic N) is 2. The van der Waals surface area contributed by atoms with Crippen LogP contribution in [-0.4, -0.2) is 36.4 Å². The first-order valence-electron chi connectivity index (χ1n) is 8.78. The molecule has 1 aliphatic heterocycles. The van der Waals surface area contributed by atoms with E-state index in [1.807, 2.05) is 30.3 Å². The minimum Gasteiger partial charge on any atom is -0.472 e. The summed E-state index contributed by atoms with van der Waals surface area (Å²) in [6.45, 7) is 2.59. The predicted molar refractivity (Wildman–Crippen MR) is 94.9 cm³/mol. The van der Waals surface area contributed by atoms with Crippen LogP contribution in [0.15, 0.2) is 53.6 Å². The van der Waals surface area contributed by atoms with Crippen LogP contribution in [0.4, 0.5) is 0 Å². The third-order valence-electron chi connectivity index (χ3n) is 5.29. The number of hydrogen-bond acceptors (Lipinski definition) is 4. The highest BCUT2D eigenvalue weighted by molar-refractivity contribution is 7.89. The van der Waals surface area contributed by atoms with Crippen LogP contribution in [0.3, 0.4) is 0 Å². The van der Waals surface area contributed by atoms with Gasteiger partial charge in [-0.2, -0.15) is 4.31 Å². The van der Waals surface area contributed by atoms with Gasteiger partial charge in [-0.25, -0.2) is 13.4 Å². The molecular weight excluding hydrogens is 336 g/mol. The third-order valence-corrected chi connectivity index (χ3v) is 7.20. The zero-order valence-corrected chi connectivity index (χ0v) is 15.0. The summed E-state index contributed by atoms with van der Waals surface area (Å²) in [5.41, 5.74) is 1.14. The summed E-state index contributed by atoms with van der Waals surface area (Å²) >= 11 is 0. The minimum atomic E-state index is -3.49. The Hall–Kier alpha value is -1.92. The highest BCUT2D eigenvalue weighted by atomic mass is 32.2. The van der Waals surface area contributed by atoms with Crippen molar-refractivity contribution in [2.24, 2.45) is 5.92 Å². The molecule has 1 aromatic carbocycles. The number of pyridine rings is 1. The van der Waals surface area contributed by atoms with E-state index < -0.39 is 10.0 Å². The lowest BCUT2D eigenvalue weighted by Crippen LogP contribution is -2.40. The van der Waals surface area contributed by atoms with Gasteiger partial charge in [-0.05, 0) is 43.0 Å². The molecule has 25 heavy (non-hydrogen) atoms. The van der Waals surface area contributed by atoms with Crippen molar-refractivity contribution in [1.29, 1.82) is 0 Å². The molecule has 2 heterocycles. The fourth-order valence-corrected chi connectivity index (χ4v) is 5.66. The molecule has 2 bridgehead atoms. The lowest BCUT2D eigenvalue weighted by molar-refractivity contribution is 0.161. The maximum absolute atomic E-state index is 13.1. The molecule has 0 N–H and O–H groups in total. The van der Waals surface area contributed by atoms with E-state index in [0.717, 1.165) is 24.8 Å². The molecule has 1 saturated heterocycles. The van der Waals surface area contributed by atoms with Crippen LogP contribution in [-0.2, 0) is 16.4 Å². The summed E-state index contributed by atoms with van der Waals surface area (Å²) in [6, 6.07) is 12.6. The van der Waals surface area contributed by atoms with Crippen molar-refractivity contribution in [2.75, 3.05) is 6.54 Å². The van der Waals surface area contributed by atoms with Gasteiger partial charge in [0.25, 0.3) is 0 Å². The van der Waals surface area contributed by atoms with Crippen molar-refractivity contribution in [3.05, 3.63) is 54.2 Å². The van der Waals surface area contributed by atoms with Crippen LogP contribution < -0.4 is 4.74 Å². The largest absolute Gasteiger partial charge is 0.472 e. The fraction of sp³-hybridized carbons (Fsp3) is 0.421. The van der Waals surface area contributed by atoms with Gasteiger partial charge in [-0.15, -0.1) is 0 Å². The molecule has 0 spiro atoms. The first-order chi connectivity index (χ1) is 12.1. The van der Waals surface area contributed by atoms with Gasteiger partial charge in [0, 0.05) is 24.7 Å². The van der Waals surface area contributed by atoms with E-state index in [-0.39, 0.29) is 18.1 Å². The number of aromatic nitrogens is 1. The molecule has 2 fully saturated rings. The molecule has 6 heteroatoms. The second-order valence-electron chi connectivity index (χ2n) is 6.73. The second-order valence-corrected chi connectivity index (χ2v) is 8.62. The normalized spacial score (nSPS) is 26.0. The number of ether oxygens (including phenoxy) is 1. The Kier molecular flexibility index (Phi) is 4.25. The van der Waals surface area contributed by atoms with Crippen molar-refractivity contribution in [3.63, 3.8) is 0 Å². The number of piperidine rings is 1. The van der Waals surface area contributed by atoms with E-state index in [2.05, 4.69) is 11.9 Å². The van der Waals surface area contributed by atoms with Gasteiger partial charge in [0.1, 0.15) is 6.10 Å². The van der Waals surface area contributed by atoms with Gasteiger partial charge in [0.2, 0.25) is 15.9 Å². The predicted octanol–water partition coefficient (Wildman–Crippen LogP) is 2.87. The molecule has 2 aromatic rings. The van der Waals surface area contributed by atoms with Crippen LogP contribution in [0.1, 0.15) is 25.3 Å². The van der Waals surface area contributed by atoms with Crippen molar-refractivity contribution in [1.82, 2.24) is 9.29 Å². The van der Waals surface area contributed by atoms with Gasteiger partial charge >= 0.3 is 0 Å². The lowest BCUT2D eigenvalue weighted by atomic mass is 10.1. The van der Waals surface area contributed by atoms with E-state index >= 15 is 0 Å². The summed E-state index contributed by atoms with van der Waals surface area (Å²) in [7, 11) is -3.49. The molecule has 2 aliphatic rings. The number of fused-ring (bicyclic) bond motifs is 2. The summed E-state index contributed by atoms with van der Waals surface area (Å²) in [6.07, 6.45) is 4.32. The van der Waals surface area contributed by atoms with Crippen LogP contribution in [0.5, 0.6) is 5.88 Å². The summed E-state index contributed by atoms with van der Waals surface area (Å²) in [4.78, 5) is 4.58. The van der Waals surface area contributed by atoms with E-state index in [1.165, 1.54) is 0 Å². The molecule has 1 saturated carbocycles. The van der Waals surface area contributed by atoms with Gasteiger partial charge in [-0.1, -0.05) is 25.1 Å². The van der Waals surface area contributed by atoms with E-state index in [4.69, 9.17) is 4.74 Å². The number of rotatable bonds is 5. The Morgan fingerprint density at radius 3 is 2.64 bits per heavy atom.